The molecule has 0 amide bonds. The topological polar surface area (TPSA) is 65.0 Å². The summed E-state index contributed by atoms with van der Waals surface area (Å²) in [5.41, 5.74) is 3.86. The Bertz CT molecular complexity index is 1240. The van der Waals surface area contributed by atoms with Gasteiger partial charge in [0.05, 0.1) is 24.4 Å². The summed E-state index contributed by atoms with van der Waals surface area (Å²) >= 11 is 0. The van der Waals surface area contributed by atoms with Gasteiger partial charge in [-0.05, 0) is 94.5 Å². The highest BCUT2D eigenvalue weighted by atomic mass is 16.5. The lowest BCUT2D eigenvalue weighted by Gasteiger charge is -2.50. The molecule has 2 aromatic rings. The smallest absolute Gasteiger partial charge is 0.311 e. The molecule has 1 aliphatic rings. The van der Waals surface area contributed by atoms with E-state index in [1.165, 1.54) is 22.3 Å². The average Bonchev–Trinajstić information content (AvgIpc) is 3.21. The molecule has 0 saturated carbocycles. The Morgan fingerprint density at radius 3 is 1.91 bits per heavy atom. The van der Waals surface area contributed by atoms with Crippen molar-refractivity contribution in [2.24, 2.45) is 16.2 Å². The third-order valence-electron chi connectivity index (χ3n) is 9.56. The number of hydrogen-bond acceptors (Lipinski definition) is 5. The summed E-state index contributed by atoms with van der Waals surface area (Å²) in [5, 5.41) is 9.49. The molecule has 0 aliphatic heterocycles. The summed E-state index contributed by atoms with van der Waals surface area (Å²) in [5.74, 6) is -0.197. The van der Waals surface area contributed by atoms with E-state index in [9.17, 15) is 9.90 Å². The number of allylic oxidation sites excluding steroid dienone is 1. The molecular formula is C38H56O5. The monoisotopic (exact) mass is 592 g/mol. The second-order valence-corrected chi connectivity index (χ2v) is 15.2. The number of aliphatic hydroxyl groups excluding tert-OH is 1. The first-order valence-electron chi connectivity index (χ1n) is 15.8. The molecule has 0 aromatic heterocycles. The molecule has 3 rings (SSSR count). The van der Waals surface area contributed by atoms with Crippen molar-refractivity contribution >= 4 is 5.97 Å². The van der Waals surface area contributed by atoms with Gasteiger partial charge in [0, 0.05) is 30.5 Å². The molecule has 1 aliphatic carbocycles. The quantitative estimate of drug-likeness (QED) is 0.165. The summed E-state index contributed by atoms with van der Waals surface area (Å²) in [6, 6.07) is 17.4. The summed E-state index contributed by atoms with van der Waals surface area (Å²) in [4.78, 5) is 13.5. The standard InChI is InChI=1S/C38H56O5/c1-27(2)41-23-21-34(4,5)33(40)42-26-36(8,9)38(25-35(6,7)28(3)24-43-37(10,11)20-22-39)31-18-14-12-16-29(31)30-17-13-15-19-32(30)38/h12-19,24,27,39H,20-23,25-26H2,1-11H3/b28-24-. The van der Waals surface area contributed by atoms with E-state index in [2.05, 4.69) is 83.1 Å². The van der Waals surface area contributed by atoms with E-state index in [0.717, 1.165) is 12.0 Å². The number of ether oxygens (including phenoxy) is 3. The molecule has 0 radical (unpaired) electrons. The third kappa shape index (κ3) is 7.54. The Balaban J connectivity index is 2.05. The second-order valence-electron chi connectivity index (χ2n) is 15.2. The Kier molecular flexibility index (Phi) is 10.7. The number of fused-ring (bicyclic) bond motifs is 3. The van der Waals surface area contributed by atoms with Crippen molar-refractivity contribution in [1.82, 2.24) is 0 Å². The van der Waals surface area contributed by atoms with Crippen LogP contribution in [0.1, 0.15) is 107 Å². The lowest BCUT2D eigenvalue weighted by atomic mass is 9.54. The van der Waals surface area contributed by atoms with E-state index in [0.29, 0.717) is 19.4 Å². The van der Waals surface area contributed by atoms with Crippen molar-refractivity contribution in [2.75, 3.05) is 19.8 Å². The number of carbonyl (C=O) groups is 1. The molecule has 0 fully saturated rings. The number of hydrogen-bond donors (Lipinski definition) is 1. The number of esters is 1. The van der Waals surface area contributed by atoms with Crippen LogP contribution in [0.3, 0.4) is 0 Å². The molecule has 0 atom stereocenters. The van der Waals surface area contributed by atoms with E-state index >= 15 is 0 Å². The minimum absolute atomic E-state index is 0.0778. The van der Waals surface area contributed by atoms with Crippen LogP contribution < -0.4 is 0 Å². The molecular weight excluding hydrogens is 536 g/mol. The zero-order chi connectivity index (χ0) is 32.3. The van der Waals surface area contributed by atoms with Crippen LogP contribution >= 0.6 is 0 Å². The van der Waals surface area contributed by atoms with Crippen LogP contribution in [0.5, 0.6) is 0 Å². The first-order valence-corrected chi connectivity index (χ1v) is 15.8. The predicted molar refractivity (Wildman–Crippen MR) is 176 cm³/mol. The van der Waals surface area contributed by atoms with E-state index in [1.54, 1.807) is 0 Å². The van der Waals surface area contributed by atoms with Crippen molar-refractivity contribution in [2.45, 2.75) is 113 Å². The SMILES string of the molecule is C/C(=C/OC(C)(C)CCO)C(C)(C)CC1(C(C)(C)COC(=O)C(C)(C)CCOC(C)C)c2ccccc2-c2ccccc21. The minimum atomic E-state index is -0.652. The fraction of sp³-hybridized carbons (Fsp3) is 0.605. The van der Waals surface area contributed by atoms with Gasteiger partial charge in [0.15, 0.2) is 0 Å². The van der Waals surface area contributed by atoms with Gasteiger partial charge in [0.25, 0.3) is 0 Å². The van der Waals surface area contributed by atoms with Crippen LogP contribution in [-0.4, -0.2) is 42.6 Å². The Labute approximate surface area is 261 Å². The van der Waals surface area contributed by atoms with Crippen molar-refractivity contribution in [3.63, 3.8) is 0 Å². The number of benzene rings is 2. The molecule has 238 valence electrons. The first-order chi connectivity index (χ1) is 19.9. The van der Waals surface area contributed by atoms with E-state index < -0.39 is 21.8 Å². The first kappa shape index (κ1) is 34.9. The molecule has 1 N–H and O–H groups in total. The second kappa shape index (κ2) is 13.2. The van der Waals surface area contributed by atoms with Gasteiger partial charge in [-0.3, -0.25) is 4.79 Å². The zero-order valence-corrected chi connectivity index (χ0v) is 28.6. The van der Waals surface area contributed by atoms with Crippen molar-refractivity contribution in [3.8, 4) is 11.1 Å². The molecule has 0 saturated heterocycles. The van der Waals surface area contributed by atoms with Crippen LogP contribution in [0.2, 0.25) is 0 Å². The minimum Gasteiger partial charge on any atom is -0.495 e. The summed E-state index contributed by atoms with van der Waals surface area (Å²) < 4.78 is 18.2. The van der Waals surface area contributed by atoms with Gasteiger partial charge >= 0.3 is 5.97 Å². The van der Waals surface area contributed by atoms with Crippen molar-refractivity contribution in [1.29, 1.82) is 0 Å². The van der Waals surface area contributed by atoms with Gasteiger partial charge in [-0.15, -0.1) is 0 Å². The lowest BCUT2D eigenvalue weighted by molar-refractivity contribution is -0.159. The average molecular weight is 593 g/mol. The van der Waals surface area contributed by atoms with Gasteiger partial charge in [0.1, 0.15) is 5.60 Å². The maximum Gasteiger partial charge on any atom is 0.311 e. The molecule has 5 heteroatoms. The molecule has 0 heterocycles. The van der Waals surface area contributed by atoms with Gasteiger partial charge in [-0.2, -0.15) is 0 Å². The summed E-state index contributed by atoms with van der Waals surface area (Å²) in [6.45, 7) is 23.9. The van der Waals surface area contributed by atoms with E-state index in [-0.39, 0.29) is 30.7 Å². The molecule has 5 nitrogen and oxygen atoms in total. The van der Waals surface area contributed by atoms with Crippen LogP contribution in [0, 0.1) is 16.2 Å². The highest BCUT2D eigenvalue weighted by molar-refractivity contribution is 5.82. The molecule has 2 aromatic carbocycles. The predicted octanol–water partition coefficient (Wildman–Crippen LogP) is 8.86. The molecule has 0 unspecified atom stereocenters. The third-order valence-corrected chi connectivity index (χ3v) is 9.56. The highest BCUT2D eigenvalue weighted by Gasteiger charge is 2.56. The van der Waals surface area contributed by atoms with Crippen LogP contribution in [0.15, 0.2) is 60.4 Å². The molecule has 0 bridgehead atoms. The van der Waals surface area contributed by atoms with Gasteiger partial charge in [0.2, 0.25) is 0 Å². The zero-order valence-electron chi connectivity index (χ0n) is 28.6. The number of rotatable bonds is 15. The Morgan fingerprint density at radius 2 is 1.40 bits per heavy atom. The van der Waals surface area contributed by atoms with Crippen LogP contribution in [0.4, 0.5) is 0 Å². The largest absolute Gasteiger partial charge is 0.495 e. The van der Waals surface area contributed by atoms with Crippen LogP contribution in [0.25, 0.3) is 11.1 Å². The summed E-state index contributed by atoms with van der Waals surface area (Å²) in [6.07, 6.45) is 3.95. The number of carbonyl (C=O) groups excluding carboxylic acids is 1. The maximum absolute atomic E-state index is 13.5. The summed E-state index contributed by atoms with van der Waals surface area (Å²) in [7, 11) is 0. The van der Waals surface area contributed by atoms with Crippen molar-refractivity contribution < 1.29 is 24.1 Å². The molecule has 43 heavy (non-hydrogen) atoms. The Morgan fingerprint density at radius 1 is 0.860 bits per heavy atom. The lowest BCUT2D eigenvalue weighted by Crippen LogP contribution is -2.48. The fourth-order valence-corrected chi connectivity index (χ4v) is 6.24. The maximum atomic E-state index is 13.5. The Hall–Kier alpha value is -2.63. The highest BCUT2D eigenvalue weighted by Crippen LogP contribution is 2.62. The van der Waals surface area contributed by atoms with Gasteiger partial charge in [-0.25, -0.2) is 0 Å². The fourth-order valence-electron chi connectivity index (χ4n) is 6.24. The molecule has 0 spiro atoms. The van der Waals surface area contributed by atoms with E-state index in [1.807, 2.05) is 47.8 Å². The van der Waals surface area contributed by atoms with Gasteiger partial charge in [-0.1, -0.05) is 76.2 Å². The van der Waals surface area contributed by atoms with Crippen molar-refractivity contribution in [3.05, 3.63) is 71.5 Å². The van der Waals surface area contributed by atoms with Gasteiger partial charge < -0.3 is 19.3 Å². The normalized spacial score (nSPS) is 15.3. The number of aliphatic hydroxyl groups is 1. The van der Waals surface area contributed by atoms with E-state index in [4.69, 9.17) is 14.2 Å². The van der Waals surface area contributed by atoms with Crippen LogP contribution in [-0.2, 0) is 24.4 Å².